The molecule has 0 aromatic heterocycles. The molecule has 1 heterocycles. The molecule has 6 heteroatoms. The van der Waals surface area contributed by atoms with E-state index in [0.29, 0.717) is 5.56 Å². The van der Waals surface area contributed by atoms with Crippen molar-refractivity contribution in [2.24, 2.45) is 0 Å². The molecule has 41 heavy (non-hydrogen) atoms. The van der Waals surface area contributed by atoms with Crippen molar-refractivity contribution in [3.63, 3.8) is 0 Å². The van der Waals surface area contributed by atoms with Gasteiger partial charge in [0.25, 0.3) is 5.91 Å². The summed E-state index contributed by atoms with van der Waals surface area (Å²) in [5.74, 6) is -0.422. The summed E-state index contributed by atoms with van der Waals surface area (Å²) >= 11 is 0. The van der Waals surface area contributed by atoms with Gasteiger partial charge in [0.2, 0.25) is 0 Å². The Morgan fingerprint density at radius 2 is 1.34 bits per heavy atom. The van der Waals surface area contributed by atoms with Crippen LogP contribution in [0.1, 0.15) is 29.5 Å². The molecule has 0 unspecified atom stereocenters. The Hall–Kier alpha value is -5.38. The van der Waals surface area contributed by atoms with E-state index in [4.69, 9.17) is 0 Å². The largest absolute Gasteiger partial charge is 0.372 e. The molecule has 0 saturated heterocycles. The fourth-order valence-corrected chi connectivity index (χ4v) is 5.11. The molecule has 0 fully saturated rings. The molecule has 1 aliphatic rings. The molecule has 1 amide bonds. The maximum atomic E-state index is 13.4. The van der Waals surface area contributed by atoms with Crippen molar-refractivity contribution < 1.29 is 4.79 Å². The van der Waals surface area contributed by atoms with Gasteiger partial charge in [-0.15, -0.1) is 6.58 Å². The van der Waals surface area contributed by atoms with E-state index in [-0.39, 0.29) is 29.0 Å². The number of hydrogen-bond donors (Lipinski definition) is 0. The molecule has 0 bridgehead atoms. The molecular formula is C35H31N5O. The fourth-order valence-electron chi connectivity index (χ4n) is 5.11. The van der Waals surface area contributed by atoms with E-state index in [1.54, 1.807) is 0 Å². The molecule has 1 aliphatic heterocycles. The fraction of sp³-hybridized carbons (Fsp3) is 0.200. The van der Waals surface area contributed by atoms with Gasteiger partial charge in [0.05, 0.1) is 16.8 Å². The van der Waals surface area contributed by atoms with Crippen molar-refractivity contribution in [1.29, 1.82) is 15.8 Å². The van der Waals surface area contributed by atoms with Crippen LogP contribution < -0.4 is 4.90 Å². The zero-order chi connectivity index (χ0) is 29.0. The summed E-state index contributed by atoms with van der Waals surface area (Å²) in [5, 5.41) is 28.9. The molecule has 4 rings (SSSR count). The van der Waals surface area contributed by atoms with Crippen LogP contribution >= 0.6 is 0 Å². The van der Waals surface area contributed by atoms with E-state index >= 15 is 0 Å². The van der Waals surface area contributed by atoms with Crippen molar-refractivity contribution in [3.05, 3.63) is 131 Å². The standard InChI is InChI=1S/C35H31N5O/c1-2-21-40-34(30(24-36)25-37)32(26-38)33(35(40)41)29-17-19-31(20-18-29)39(22-9-15-27-11-5-3-6-12-27)23-10-16-28-13-7-4-8-14-28/h2-8,11-14,17-20H,1,9-10,15-16,21-23H2. The highest BCUT2D eigenvalue weighted by Crippen LogP contribution is 2.37. The smallest absolute Gasteiger partial charge is 0.260 e. The molecule has 0 saturated carbocycles. The van der Waals surface area contributed by atoms with Crippen molar-refractivity contribution >= 4 is 17.2 Å². The highest BCUT2D eigenvalue weighted by molar-refractivity contribution is 6.26. The number of carbonyl (C=O) groups is 1. The first-order valence-corrected chi connectivity index (χ1v) is 13.7. The number of amides is 1. The Bertz CT molecular complexity index is 1500. The van der Waals surface area contributed by atoms with Gasteiger partial charge >= 0.3 is 0 Å². The Morgan fingerprint density at radius 1 is 0.805 bits per heavy atom. The summed E-state index contributed by atoms with van der Waals surface area (Å²) in [6.07, 6.45) is 5.46. The predicted octanol–water partition coefficient (Wildman–Crippen LogP) is 6.37. The quantitative estimate of drug-likeness (QED) is 0.198. The third kappa shape index (κ3) is 6.80. The van der Waals surface area contributed by atoms with Crippen LogP contribution in [0.25, 0.3) is 5.57 Å². The minimum Gasteiger partial charge on any atom is -0.372 e. The molecule has 0 radical (unpaired) electrons. The van der Waals surface area contributed by atoms with Crippen LogP contribution in [0.4, 0.5) is 5.69 Å². The highest BCUT2D eigenvalue weighted by atomic mass is 16.2. The maximum Gasteiger partial charge on any atom is 0.260 e. The van der Waals surface area contributed by atoms with Crippen LogP contribution in [-0.2, 0) is 17.6 Å². The number of carbonyl (C=O) groups excluding carboxylic acids is 1. The Balaban J connectivity index is 1.59. The zero-order valence-electron chi connectivity index (χ0n) is 23.0. The van der Waals surface area contributed by atoms with Gasteiger partial charge in [-0.2, -0.15) is 15.8 Å². The SMILES string of the molecule is C=CCN1C(=O)C(c2ccc(N(CCCc3ccccc3)CCCc3ccccc3)cc2)=C(C#N)C1=C(C#N)C#N. The van der Waals surface area contributed by atoms with Gasteiger partial charge in [-0.05, 0) is 54.5 Å². The molecule has 0 atom stereocenters. The molecule has 0 N–H and O–H groups in total. The minimum absolute atomic E-state index is 0.0327. The molecule has 6 nitrogen and oxygen atoms in total. The normalized spacial score (nSPS) is 12.5. The third-order valence-electron chi connectivity index (χ3n) is 7.09. The monoisotopic (exact) mass is 537 g/mol. The first-order valence-electron chi connectivity index (χ1n) is 13.7. The number of aryl methyl sites for hydroxylation is 2. The highest BCUT2D eigenvalue weighted by Gasteiger charge is 2.37. The van der Waals surface area contributed by atoms with Crippen molar-refractivity contribution in [2.75, 3.05) is 24.5 Å². The lowest BCUT2D eigenvalue weighted by Gasteiger charge is -2.25. The van der Waals surface area contributed by atoms with Crippen LogP contribution in [0, 0.1) is 34.0 Å². The van der Waals surface area contributed by atoms with Crippen molar-refractivity contribution in [3.8, 4) is 18.2 Å². The lowest BCUT2D eigenvalue weighted by atomic mass is 9.99. The van der Waals surface area contributed by atoms with Gasteiger partial charge in [0, 0.05) is 25.3 Å². The molecular weight excluding hydrogens is 506 g/mol. The number of anilines is 1. The zero-order valence-corrected chi connectivity index (χ0v) is 23.0. The van der Waals surface area contributed by atoms with Crippen LogP contribution in [-0.4, -0.2) is 30.4 Å². The number of nitrogens with zero attached hydrogens (tertiary/aromatic N) is 5. The topological polar surface area (TPSA) is 94.9 Å². The summed E-state index contributed by atoms with van der Waals surface area (Å²) < 4.78 is 0. The van der Waals surface area contributed by atoms with Gasteiger partial charge in [0.1, 0.15) is 18.2 Å². The average molecular weight is 538 g/mol. The van der Waals surface area contributed by atoms with E-state index in [2.05, 4.69) is 66.1 Å². The number of rotatable bonds is 12. The van der Waals surface area contributed by atoms with E-state index in [1.165, 1.54) is 22.1 Å². The average Bonchev–Trinajstić information content (AvgIpc) is 3.29. The van der Waals surface area contributed by atoms with Crippen LogP contribution in [0.3, 0.4) is 0 Å². The number of allylic oxidation sites excluding steroid dienone is 2. The van der Waals surface area contributed by atoms with Crippen molar-refractivity contribution in [2.45, 2.75) is 25.7 Å². The summed E-state index contributed by atoms with van der Waals surface area (Å²) in [5.41, 5.74) is 4.23. The van der Waals surface area contributed by atoms with Gasteiger partial charge in [-0.3, -0.25) is 4.79 Å². The Morgan fingerprint density at radius 3 is 1.80 bits per heavy atom. The summed E-state index contributed by atoms with van der Waals surface area (Å²) in [7, 11) is 0. The predicted molar refractivity (Wildman–Crippen MR) is 161 cm³/mol. The van der Waals surface area contributed by atoms with E-state index in [1.807, 2.05) is 48.5 Å². The van der Waals surface area contributed by atoms with Crippen molar-refractivity contribution in [1.82, 2.24) is 4.90 Å². The molecule has 3 aromatic rings. The second-order valence-corrected chi connectivity index (χ2v) is 9.73. The summed E-state index contributed by atoms with van der Waals surface area (Å²) in [6, 6.07) is 34.3. The van der Waals surface area contributed by atoms with E-state index in [0.717, 1.165) is 44.5 Å². The van der Waals surface area contributed by atoms with Crippen LogP contribution in [0.2, 0.25) is 0 Å². The molecule has 0 aliphatic carbocycles. The maximum absolute atomic E-state index is 13.4. The summed E-state index contributed by atoms with van der Waals surface area (Å²) in [6.45, 7) is 5.52. The first-order chi connectivity index (χ1) is 20.1. The van der Waals surface area contributed by atoms with Crippen LogP contribution in [0.5, 0.6) is 0 Å². The third-order valence-corrected chi connectivity index (χ3v) is 7.09. The van der Waals surface area contributed by atoms with E-state index < -0.39 is 5.91 Å². The second-order valence-electron chi connectivity index (χ2n) is 9.73. The number of benzene rings is 3. The number of nitriles is 3. The van der Waals surface area contributed by atoms with Crippen LogP contribution in [0.15, 0.2) is 114 Å². The Kier molecular flexibility index (Phi) is 9.87. The van der Waals surface area contributed by atoms with Gasteiger partial charge < -0.3 is 9.80 Å². The molecule has 202 valence electrons. The molecule has 0 spiro atoms. The number of hydrogen-bond acceptors (Lipinski definition) is 5. The Labute approximate surface area is 242 Å². The van der Waals surface area contributed by atoms with E-state index in [9.17, 15) is 20.6 Å². The summed E-state index contributed by atoms with van der Waals surface area (Å²) in [4.78, 5) is 17.0. The lowest BCUT2D eigenvalue weighted by Crippen LogP contribution is -2.27. The van der Waals surface area contributed by atoms with Gasteiger partial charge in [-0.1, -0.05) is 78.9 Å². The first kappa shape index (κ1) is 28.6. The molecule has 3 aromatic carbocycles. The van der Waals surface area contributed by atoms with Gasteiger partial charge in [-0.25, -0.2) is 0 Å². The minimum atomic E-state index is -0.422. The lowest BCUT2D eigenvalue weighted by molar-refractivity contribution is -0.122. The van der Waals surface area contributed by atoms with Gasteiger partial charge in [0.15, 0.2) is 5.57 Å². The second kappa shape index (κ2) is 14.1.